The number of carbonyl (C=O) groups is 2. The number of rotatable bonds is 7. The minimum absolute atomic E-state index is 0.173. The number of ether oxygens (including phenoxy) is 1. The van der Waals surface area contributed by atoms with Crippen molar-refractivity contribution in [1.82, 2.24) is 10.3 Å². The highest BCUT2D eigenvalue weighted by Gasteiger charge is 2.27. The first-order valence-corrected chi connectivity index (χ1v) is 11.6. The molecule has 168 valence electrons. The molecule has 2 aromatic heterocycles. The summed E-state index contributed by atoms with van der Waals surface area (Å²) in [7, 11) is 1.63. The van der Waals surface area contributed by atoms with Crippen molar-refractivity contribution in [3.05, 3.63) is 57.3 Å². The van der Waals surface area contributed by atoms with Crippen LogP contribution in [0.15, 0.2) is 24.3 Å². The second-order valence-corrected chi connectivity index (χ2v) is 9.05. The van der Waals surface area contributed by atoms with Crippen LogP contribution in [0.25, 0.3) is 10.9 Å². The van der Waals surface area contributed by atoms with Crippen LogP contribution in [0.4, 0.5) is 9.39 Å². The number of anilines is 1. The minimum atomic E-state index is -0.402. The number of hydrogen-bond donors (Lipinski definition) is 2. The summed E-state index contributed by atoms with van der Waals surface area (Å²) in [5, 5.41) is 7.06. The summed E-state index contributed by atoms with van der Waals surface area (Å²) in [5.74, 6) is -0.909. The SMILES string of the molecule is COCCCNC(=O)c1c(NC(=O)c2cc(C)nc3cc(F)ccc23)sc2c1CCCC2. The Balaban J connectivity index is 1.66. The summed E-state index contributed by atoms with van der Waals surface area (Å²) in [6.45, 7) is 2.84. The summed E-state index contributed by atoms with van der Waals surface area (Å²) in [6, 6.07) is 5.89. The third-order valence-corrected chi connectivity index (χ3v) is 6.79. The Morgan fingerprint density at radius 2 is 2.00 bits per heavy atom. The first-order chi connectivity index (χ1) is 15.5. The first kappa shape index (κ1) is 22.4. The van der Waals surface area contributed by atoms with Crippen molar-refractivity contribution >= 4 is 39.1 Å². The van der Waals surface area contributed by atoms with Crippen LogP contribution in [-0.4, -0.2) is 37.1 Å². The van der Waals surface area contributed by atoms with Gasteiger partial charge in [0, 0.05) is 42.3 Å². The molecule has 1 aliphatic carbocycles. The molecular weight excluding hydrogens is 429 g/mol. The molecule has 32 heavy (non-hydrogen) atoms. The molecule has 4 rings (SSSR count). The lowest BCUT2D eigenvalue weighted by Gasteiger charge is -2.13. The number of fused-ring (bicyclic) bond motifs is 2. The third kappa shape index (κ3) is 4.66. The molecule has 3 aromatic rings. The Kier molecular flexibility index (Phi) is 6.81. The van der Waals surface area contributed by atoms with E-state index in [-0.39, 0.29) is 11.8 Å². The number of benzene rings is 1. The highest BCUT2D eigenvalue weighted by Crippen LogP contribution is 2.38. The zero-order valence-electron chi connectivity index (χ0n) is 18.2. The Bertz CT molecular complexity index is 1170. The fourth-order valence-electron chi connectivity index (χ4n) is 4.09. The van der Waals surface area contributed by atoms with Crippen molar-refractivity contribution in [3.63, 3.8) is 0 Å². The van der Waals surface area contributed by atoms with Gasteiger partial charge in [0.15, 0.2) is 0 Å². The highest BCUT2D eigenvalue weighted by molar-refractivity contribution is 7.17. The molecule has 2 amide bonds. The van der Waals surface area contributed by atoms with Crippen LogP contribution in [0, 0.1) is 12.7 Å². The van der Waals surface area contributed by atoms with Gasteiger partial charge in [-0.05, 0) is 62.8 Å². The summed E-state index contributed by atoms with van der Waals surface area (Å²) >= 11 is 1.48. The van der Waals surface area contributed by atoms with Crippen LogP contribution in [0.1, 0.15) is 56.1 Å². The van der Waals surface area contributed by atoms with Crippen molar-refractivity contribution in [2.75, 3.05) is 25.6 Å². The molecule has 0 radical (unpaired) electrons. The maximum atomic E-state index is 13.7. The van der Waals surface area contributed by atoms with Gasteiger partial charge in [-0.15, -0.1) is 11.3 Å². The lowest BCUT2D eigenvalue weighted by atomic mass is 9.95. The van der Waals surface area contributed by atoms with E-state index in [1.54, 1.807) is 26.2 Å². The average molecular weight is 456 g/mol. The van der Waals surface area contributed by atoms with Gasteiger partial charge < -0.3 is 15.4 Å². The summed E-state index contributed by atoms with van der Waals surface area (Å²) < 4.78 is 18.7. The normalized spacial score (nSPS) is 13.1. The maximum absolute atomic E-state index is 13.7. The molecule has 8 heteroatoms. The summed E-state index contributed by atoms with van der Waals surface area (Å²) in [6.07, 6.45) is 4.57. The molecule has 0 bridgehead atoms. The molecule has 2 N–H and O–H groups in total. The number of nitrogens with one attached hydrogen (secondary N) is 2. The van der Waals surface area contributed by atoms with E-state index >= 15 is 0 Å². The van der Waals surface area contributed by atoms with E-state index in [0.29, 0.717) is 45.9 Å². The Morgan fingerprint density at radius 1 is 1.19 bits per heavy atom. The van der Waals surface area contributed by atoms with Crippen molar-refractivity contribution in [2.24, 2.45) is 0 Å². The molecule has 0 saturated heterocycles. The molecule has 0 saturated carbocycles. The van der Waals surface area contributed by atoms with E-state index in [4.69, 9.17) is 4.74 Å². The molecular formula is C24H26FN3O3S. The maximum Gasteiger partial charge on any atom is 0.257 e. The average Bonchev–Trinajstić information content (AvgIpc) is 3.13. The number of nitrogens with zero attached hydrogens (tertiary/aromatic N) is 1. The number of carbonyl (C=O) groups excluding carboxylic acids is 2. The van der Waals surface area contributed by atoms with Gasteiger partial charge in [0.1, 0.15) is 10.8 Å². The Morgan fingerprint density at radius 3 is 2.81 bits per heavy atom. The van der Waals surface area contributed by atoms with Crippen molar-refractivity contribution in [2.45, 2.75) is 39.0 Å². The third-order valence-electron chi connectivity index (χ3n) is 5.58. The van der Waals surface area contributed by atoms with Gasteiger partial charge >= 0.3 is 0 Å². The standard InChI is InChI=1S/C24H26FN3O3S/c1-14-12-18(16-9-8-15(25)13-19(16)27-14)22(29)28-24-21(23(30)26-10-5-11-31-2)17-6-3-4-7-20(17)32-24/h8-9,12-13H,3-7,10-11H2,1-2H3,(H,26,30)(H,28,29). The Hall–Kier alpha value is -2.84. The van der Waals surface area contributed by atoms with Gasteiger partial charge in [0.05, 0.1) is 16.6 Å². The molecule has 0 fully saturated rings. The number of hydrogen-bond acceptors (Lipinski definition) is 5. The molecule has 0 spiro atoms. The largest absolute Gasteiger partial charge is 0.385 e. The highest BCUT2D eigenvalue weighted by atomic mass is 32.1. The summed E-state index contributed by atoms with van der Waals surface area (Å²) in [4.78, 5) is 31.8. The van der Waals surface area contributed by atoms with E-state index in [1.165, 1.54) is 23.5 Å². The second kappa shape index (κ2) is 9.75. The lowest BCUT2D eigenvalue weighted by molar-refractivity contribution is 0.0948. The van der Waals surface area contributed by atoms with Crippen molar-refractivity contribution in [1.29, 1.82) is 0 Å². The molecule has 2 heterocycles. The quantitative estimate of drug-likeness (QED) is 0.509. The first-order valence-electron chi connectivity index (χ1n) is 10.8. The van der Waals surface area contributed by atoms with Gasteiger partial charge in [-0.2, -0.15) is 0 Å². The predicted octanol–water partition coefficient (Wildman–Crippen LogP) is 4.64. The van der Waals surface area contributed by atoms with Crippen LogP contribution in [0.3, 0.4) is 0 Å². The zero-order chi connectivity index (χ0) is 22.7. The van der Waals surface area contributed by atoms with E-state index in [2.05, 4.69) is 15.6 Å². The van der Waals surface area contributed by atoms with Gasteiger partial charge in [-0.25, -0.2) is 4.39 Å². The Labute approximate surface area is 190 Å². The molecule has 1 aromatic carbocycles. The smallest absolute Gasteiger partial charge is 0.257 e. The molecule has 0 unspecified atom stereocenters. The number of aromatic nitrogens is 1. The zero-order valence-corrected chi connectivity index (χ0v) is 19.0. The van der Waals surface area contributed by atoms with Crippen LogP contribution in [-0.2, 0) is 17.6 Å². The van der Waals surface area contributed by atoms with E-state index < -0.39 is 5.82 Å². The van der Waals surface area contributed by atoms with Crippen molar-refractivity contribution < 1.29 is 18.7 Å². The number of methoxy groups -OCH3 is 1. The molecule has 0 atom stereocenters. The number of aryl methyl sites for hydroxylation is 2. The topological polar surface area (TPSA) is 80.3 Å². The van der Waals surface area contributed by atoms with Crippen LogP contribution >= 0.6 is 11.3 Å². The van der Waals surface area contributed by atoms with E-state index in [0.717, 1.165) is 42.5 Å². The number of pyridine rings is 1. The molecule has 1 aliphatic rings. The van der Waals surface area contributed by atoms with Gasteiger partial charge in [-0.1, -0.05) is 0 Å². The molecule has 6 nitrogen and oxygen atoms in total. The fraction of sp³-hybridized carbons (Fsp3) is 0.375. The minimum Gasteiger partial charge on any atom is -0.385 e. The van der Waals surface area contributed by atoms with Crippen LogP contribution in [0.5, 0.6) is 0 Å². The van der Waals surface area contributed by atoms with Gasteiger partial charge in [-0.3, -0.25) is 14.6 Å². The summed E-state index contributed by atoms with van der Waals surface area (Å²) in [5.41, 5.74) is 3.06. The van der Waals surface area contributed by atoms with Crippen LogP contribution in [0.2, 0.25) is 0 Å². The lowest BCUT2D eigenvalue weighted by Crippen LogP contribution is -2.27. The second-order valence-electron chi connectivity index (χ2n) is 7.94. The van der Waals surface area contributed by atoms with E-state index in [9.17, 15) is 14.0 Å². The van der Waals surface area contributed by atoms with Gasteiger partial charge in [0.2, 0.25) is 0 Å². The number of halogens is 1. The number of amides is 2. The number of thiophene rings is 1. The fourth-order valence-corrected chi connectivity index (χ4v) is 5.38. The monoisotopic (exact) mass is 455 g/mol. The molecule has 0 aliphatic heterocycles. The van der Waals surface area contributed by atoms with Crippen molar-refractivity contribution in [3.8, 4) is 0 Å². The van der Waals surface area contributed by atoms with Gasteiger partial charge in [0.25, 0.3) is 11.8 Å². The predicted molar refractivity (Wildman–Crippen MR) is 124 cm³/mol. The van der Waals surface area contributed by atoms with E-state index in [1.807, 2.05) is 0 Å². The van der Waals surface area contributed by atoms with Crippen LogP contribution < -0.4 is 10.6 Å².